The summed E-state index contributed by atoms with van der Waals surface area (Å²) in [4.78, 5) is 53.6. The average Bonchev–Trinajstić information content (AvgIpc) is 3.55. The minimum atomic E-state index is -0.507. The molecular weight excluding hydrogens is 596 g/mol. The number of fused-ring (bicyclic) bond motifs is 2. The SMILES string of the molecule is CCN1C(=O)Cc2cc(NC(=O)N(COc3ccccc3NC(=O)Nc3ccc4c(c3)CC(=O)N4)c3ccc(Cl)cc3)ccc21. The van der Waals surface area contributed by atoms with Gasteiger partial charge in [0.2, 0.25) is 11.8 Å². The summed E-state index contributed by atoms with van der Waals surface area (Å²) in [5.41, 5.74) is 5.20. The monoisotopic (exact) mass is 624 g/mol. The first-order valence-corrected chi connectivity index (χ1v) is 14.6. The number of hydrogen-bond acceptors (Lipinski definition) is 5. The molecule has 6 amide bonds. The molecule has 0 fully saturated rings. The number of benzene rings is 4. The van der Waals surface area contributed by atoms with Crippen LogP contribution in [0.15, 0.2) is 84.9 Å². The lowest BCUT2D eigenvalue weighted by Gasteiger charge is -2.24. The third-order valence-corrected chi connectivity index (χ3v) is 7.69. The highest BCUT2D eigenvalue weighted by Gasteiger charge is 2.27. The van der Waals surface area contributed by atoms with E-state index < -0.39 is 12.1 Å². The van der Waals surface area contributed by atoms with Crippen LogP contribution in [-0.4, -0.2) is 37.2 Å². The van der Waals surface area contributed by atoms with Gasteiger partial charge in [0.1, 0.15) is 5.75 Å². The van der Waals surface area contributed by atoms with Crippen LogP contribution in [0.5, 0.6) is 5.75 Å². The van der Waals surface area contributed by atoms with Crippen LogP contribution in [0.2, 0.25) is 5.02 Å². The smallest absolute Gasteiger partial charge is 0.329 e. The predicted octanol–water partition coefficient (Wildman–Crippen LogP) is 6.46. The van der Waals surface area contributed by atoms with Gasteiger partial charge < -0.3 is 30.9 Å². The first-order chi connectivity index (χ1) is 21.8. The van der Waals surface area contributed by atoms with Crippen LogP contribution in [0.4, 0.5) is 43.7 Å². The molecule has 0 saturated heterocycles. The third-order valence-electron chi connectivity index (χ3n) is 7.44. The maximum Gasteiger partial charge on any atom is 0.329 e. The fraction of sp³-hybridized carbons (Fsp3) is 0.152. The lowest BCUT2D eigenvalue weighted by Crippen LogP contribution is -2.38. The highest BCUT2D eigenvalue weighted by Crippen LogP contribution is 2.32. The molecule has 0 bridgehead atoms. The Morgan fingerprint density at radius 2 is 1.62 bits per heavy atom. The van der Waals surface area contributed by atoms with Crippen molar-refractivity contribution in [2.24, 2.45) is 0 Å². The molecule has 4 aromatic carbocycles. The van der Waals surface area contributed by atoms with E-state index in [1.54, 1.807) is 83.8 Å². The number of ether oxygens (including phenoxy) is 1. The van der Waals surface area contributed by atoms with E-state index in [1.165, 1.54) is 4.90 Å². The van der Waals surface area contributed by atoms with E-state index in [-0.39, 0.29) is 31.4 Å². The van der Waals surface area contributed by atoms with Crippen molar-refractivity contribution in [3.05, 3.63) is 101 Å². The van der Waals surface area contributed by atoms with Gasteiger partial charge >= 0.3 is 12.1 Å². The van der Waals surface area contributed by atoms with Gasteiger partial charge in [0.05, 0.1) is 18.5 Å². The summed E-state index contributed by atoms with van der Waals surface area (Å²) in [6.07, 6.45) is 0.530. The lowest BCUT2D eigenvalue weighted by molar-refractivity contribution is -0.117. The summed E-state index contributed by atoms with van der Waals surface area (Å²) in [6.45, 7) is 2.29. The molecule has 2 heterocycles. The van der Waals surface area contributed by atoms with Crippen molar-refractivity contribution in [3.8, 4) is 5.75 Å². The van der Waals surface area contributed by atoms with Crippen LogP contribution >= 0.6 is 11.6 Å². The molecule has 6 rings (SSSR count). The molecule has 0 aromatic heterocycles. The molecule has 2 aliphatic rings. The zero-order valence-corrected chi connectivity index (χ0v) is 25.0. The fourth-order valence-corrected chi connectivity index (χ4v) is 5.42. The van der Waals surface area contributed by atoms with Crippen LogP contribution in [0.25, 0.3) is 0 Å². The molecular formula is C33H29ClN6O5. The number of rotatable bonds is 8. The summed E-state index contributed by atoms with van der Waals surface area (Å²) in [5, 5.41) is 11.7. The third kappa shape index (κ3) is 6.53. The fourth-order valence-electron chi connectivity index (χ4n) is 5.29. The van der Waals surface area contributed by atoms with Crippen molar-refractivity contribution in [1.29, 1.82) is 0 Å². The molecule has 0 radical (unpaired) electrons. The van der Waals surface area contributed by atoms with E-state index in [9.17, 15) is 19.2 Å². The number of likely N-dealkylation sites (N-methyl/N-ethyl adjacent to an activating group) is 1. The Hall–Kier alpha value is -5.55. The van der Waals surface area contributed by atoms with Gasteiger partial charge in [-0.3, -0.25) is 14.5 Å². The zero-order chi connectivity index (χ0) is 31.5. The Morgan fingerprint density at radius 3 is 2.42 bits per heavy atom. The average molecular weight is 625 g/mol. The summed E-state index contributed by atoms with van der Waals surface area (Å²) in [5.74, 6) is 0.263. The molecule has 11 nitrogen and oxygen atoms in total. The molecule has 0 spiro atoms. The topological polar surface area (TPSA) is 132 Å². The Balaban J connectivity index is 1.16. The summed E-state index contributed by atoms with van der Waals surface area (Å²) >= 11 is 6.10. The highest BCUT2D eigenvalue weighted by atomic mass is 35.5. The Morgan fingerprint density at radius 1 is 0.889 bits per heavy atom. The number of urea groups is 2. The van der Waals surface area contributed by atoms with Gasteiger partial charge in [0.25, 0.3) is 0 Å². The number of carbonyl (C=O) groups is 4. The van der Waals surface area contributed by atoms with E-state index in [0.29, 0.717) is 40.1 Å². The molecule has 0 atom stereocenters. The van der Waals surface area contributed by atoms with Crippen molar-refractivity contribution in [1.82, 2.24) is 0 Å². The number of anilines is 6. The van der Waals surface area contributed by atoms with Crippen molar-refractivity contribution in [2.45, 2.75) is 19.8 Å². The molecule has 45 heavy (non-hydrogen) atoms. The standard InChI is InChI=1S/C33H29ClN6O5/c1-2-39-28-14-10-24(16-21(28)18-31(39)42)36-33(44)40(25-11-7-22(34)8-12-25)19-45-29-6-4-3-5-27(29)38-32(43)35-23-9-13-26-20(15-23)17-30(41)37-26/h3-16H,2,17-19H2,1H3,(H,36,44)(H,37,41)(H2,35,38,43). The van der Waals surface area contributed by atoms with Crippen molar-refractivity contribution >= 4 is 69.6 Å². The number of hydrogen-bond donors (Lipinski definition) is 4. The second kappa shape index (κ2) is 12.6. The second-order valence-corrected chi connectivity index (χ2v) is 10.9. The number of nitrogens with one attached hydrogen (secondary N) is 4. The maximum atomic E-state index is 13.6. The Bertz CT molecular complexity index is 1810. The van der Waals surface area contributed by atoms with Gasteiger partial charge in [-0.2, -0.15) is 0 Å². The van der Waals surface area contributed by atoms with Crippen LogP contribution in [-0.2, 0) is 22.4 Å². The predicted molar refractivity (Wildman–Crippen MR) is 174 cm³/mol. The second-order valence-electron chi connectivity index (χ2n) is 10.4. The van der Waals surface area contributed by atoms with Crippen LogP contribution in [0.1, 0.15) is 18.1 Å². The normalized spacial score (nSPS) is 13.1. The van der Waals surface area contributed by atoms with Gasteiger partial charge in [-0.15, -0.1) is 0 Å². The Labute approximate surface area is 264 Å². The van der Waals surface area contributed by atoms with Crippen molar-refractivity contribution < 1.29 is 23.9 Å². The zero-order valence-electron chi connectivity index (χ0n) is 24.2. The first kappa shape index (κ1) is 29.5. The van der Waals surface area contributed by atoms with Gasteiger partial charge in [0, 0.05) is 40.0 Å². The quantitative estimate of drug-likeness (QED) is 0.167. The number of halogens is 1. The molecule has 0 saturated carbocycles. The number of para-hydroxylation sites is 2. The van der Waals surface area contributed by atoms with E-state index in [1.807, 2.05) is 13.0 Å². The summed E-state index contributed by atoms with van der Waals surface area (Å²) in [7, 11) is 0. The Kier molecular flexibility index (Phi) is 8.26. The van der Waals surface area contributed by atoms with Gasteiger partial charge in [-0.1, -0.05) is 23.7 Å². The number of nitrogens with zero attached hydrogens (tertiary/aromatic N) is 2. The molecule has 2 aliphatic heterocycles. The van der Waals surface area contributed by atoms with Crippen LogP contribution in [0.3, 0.4) is 0 Å². The minimum absolute atomic E-state index is 0.0224. The molecule has 4 aromatic rings. The van der Waals surface area contributed by atoms with E-state index in [2.05, 4.69) is 21.3 Å². The first-order valence-electron chi connectivity index (χ1n) is 14.3. The van der Waals surface area contributed by atoms with Crippen molar-refractivity contribution in [2.75, 3.05) is 44.3 Å². The van der Waals surface area contributed by atoms with Crippen LogP contribution < -0.4 is 35.8 Å². The number of amides is 6. The molecule has 0 aliphatic carbocycles. The maximum absolute atomic E-state index is 13.6. The lowest BCUT2D eigenvalue weighted by atomic mass is 10.1. The van der Waals surface area contributed by atoms with Crippen molar-refractivity contribution in [3.63, 3.8) is 0 Å². The summed E-state index contributed by atoms with van der Waals surface area (Å²) < 4.78 is 6.08. The van der Waals surface area contributed by atoms with E-state index >= 15 is 0 Å². The molecule has 0 unspecified atom stereocenters. The van der Waals surface area contributed by atoms with Gasteiger partial charge in [0.15, 0.2) is 6.73 Å². The van der Waals surface area contributed by atoms with Crippen LogP contribution in [0, 0.1) is 0 Å². The van der Waals surface area contributed by atoms with E-state index in [0.717, 1.165) is 22.5 Å². The highest BCUT2D eigenvalue weighted by molar-refractivity contribution is 6.30. The summed E-state index contributed by atoms with van der Waals surface area (Å²) in [6, 6.07) is 23.2. The van der Waals surface area contributed by atoms with Gasteiger partial charge in [-0.05, 0) is 90.8 Å². The van der Waals surface area contributed by atoms with Gasteiger partial charge in [-0.25, -0.2) is 9.59 Å². The molecule has 228 valence electrons. The largest absolute Gasteiger partial charge is 0.470 e. The minimum Gasteiger partial charge on any atom is -0.470 e. The van der Waals surface area contributed by atoms with E-state index in [4.69, 9.17) is 16.3 Å². The molecule has 12 heteroatoms. The molecule has 4 N–H and O–H groups in total. The number of carbonyl (C=O) groups excluding carboxylic acids is 4.